The highest BCUT2D eigenvalue weighted by Crippen LogP contribution is 2.34. The third-order valence-corrected chi connectivity index (χ3v) is 6.46. The van der Waals surface area contributed by atoms with Crippen LogP contribution in [0.1, 0.15) is 44.3 Å². The Hall–Kier alpha value is -2.17. The molecule has 3 unspecified atom stereocenters. The predicted octanol–water partition coefficient (Wildman–Crippen LogP) is 2.50. The summed E-state index contributed by atoms with van der Waals surface area (Å²) in [6.45, 7) is 0.417. The van der Waals surface area contributed by atoms with E-state index in [1.54, 1.807) is 18.4 Å². The van der Waals surface area contributed by atoms with E-state index in [1.807, 2.05) is 21.9 Å². The minimum Gasteiger partial charge on any atom is -0.494 e. The smallest absolute Gasteiger partial charge is 0.167 e. The molecule has 6 N–H and O–H groups in total. The van der Waals surface area contributed by atoms with Crippen molar-refractivity contribution >= 4 is 5.69 Å². The number of ether oxygens (including phenoxy) is 1. The average molecular weight is 433 g/mol. The van der Waals surface area contributed by atoms with E-state index >= 15 is 0 Å². The van der Waals surface area contributed by atoms with E-state index in [0.717, 1.165) is 31.4 Å². The van der Waals surface area contributed by atoms with Crippen LogP contribution in [-0.2, 0) is 6.54 Å². The van der Waals surface area contributed by atoms with Crippen molar-refractivity contribution in [2.45, 2.75) is 70.0 Å². The van der Waals surface area contributed by atoms with Crippen molar-refractivity contribution in [3.63, 3.8) is 0 Å². The van der Waals surface area contributed by atoms with Crippen LogP contribution in [0.2, 0.25) is 0 Å². The molecule has 170 valence electrons. The molecule has 8 nitrogen and oxygen atoms in total. The molecule has 1 aliphatic carbocycles. The number of hydrogen-bond acceptors (Lipinski definition) is 8. The topological polar surface area (TPSA) is 110 Å². The second kappa shape index (κ2) is 9.54. The van der Waals surface area contributed by atoms with Gasteiger partial charge in [0.15, 0.2) is 11.6 Å². The Morgan fingerprint density at radius 1 is 1.03 bits per heavy atom. The van der Waals surface area contributed by atoms with Crippen molar-refractivity contribution < 1.29 is 13.5 Å². The number of methoxy groups -OCH3 is 1. The van der Waals surface area contributed by atoms with E-state index in [2.05, 4.69) is 4.90 Å². The summed E-state index contributed by atoms with van der Waals surface area (Å²) in [5.41, 5.74) is 20.8. The number of nitrogens with two attached hydrogens (primary N) is 3. The first-order chi connectivity index (χ1) is 15.0. The predicted molar refractivity (Wildman–Crippen MR) is 117 cm³/mol. The lowest BCUT2D eigenvalue weighted by Gasteiger charge is -2.56. The van der Waals surface area contributed by atoms with Crippen LogP contribution in [0.3, 0.4) is 0 Å². The molecule has 1 aromatic heterocycles. The molecule has 1 aliphatic heterocycles. The fourth-order valence-corrected chi connectivity index (χ4v) is 4.82. The molecule has 2 fully saturated rings. The number of hydrogen-bond donors (Lipinski definition) is 3. The van der Waals surface area contributed by atoms with Gasteiger partial charge in [-0.2, -0.15) is 0 Å². The normalized spacial score (nSPS) is 26.7. The van der Waals surface area contributed by atoms with Crippen LogP contribution in [0.5, 0.6) is 5.75 Å². The van der Waals surface area contributed by atoms with E-state index in [4.69, 9.17) is 26.4 Å². The zero-order chi connectivity index (χ0) is 22.0. The van der Waals surface area contributed by atoms with E-state index in [9.17, 15) is 4.39 Å². The van der Waals surface area contributed by atoms with Crippen molar-refractivity contribution in [1.29, 1.82) is 0 Å². The molecule has 31 heavy (non-hydrogen) atoms. The third-order valence-electron chi connectivity index (χ3n) is 6.46. The zero-order valence-corrected chi connectivity index (χ0v) is 18.0. The second-order valence-corrected chi connectivity index (χ2v) is 8.31. The van der Waals surface area contributed by atoms with E-state index in [-0.39, 0.29) is 11.8 Å². The highest BCUT2D eigenvalue weighted by atomic mass is 19.1. The Labute approximate surface area is 182 Å². The van der Waals surface area contributed by atoms with Gasteiger partial charge in [-0.3, -0.25) is 11.5 Å². The maximum Gasteiger partial charge on any atom is 0.167 e. The molecule has 3 atom stereocenters. The molecule has 2 aliphatic rings. The molecule has 2 aromatic rings. The van der Waals surface area contributed by atoms with Crippen LogP contribution in [-0.4, -0.2) is 41.8 Å². The standard InChI is InChI=1S/C22H33FN6O2/c1-30-19-11-10-16(13-18(19)23)29-21(25)27(14-17-9-6-12-31-17)20(24)28(22(29)26)15-7-4-2-3-5-8-15/h6,9-13,15,20-22H,2-5,7-8,14,24-26H2,1H3. The maximum absolute atomic E-state index is 14.5. The summed E-state index contributed by atoms with van der Waals surface area (Å²) < 4.78 is 25.2. The second-order valence-electron chi connectivity index (χ2n) is 8.31. The third kappa shape index (κ3) is 4.42. The Kier molecular flexibility index (Phi) is 6.78. The summed E-state index contributed by atoms with van der Waals surface area (Å²) in [5.74, 6) is 0.462. The Morgan fingerprint density at radius 2 is 1.77 bits per heavy atom. The number of furan rings is 1. The van der Waals surface area contributed by atoms with Gasteiger partial charge in [0.1, 0.15) is 24.6 Å². The van der Waals surface area contributed by atoms with Gasteiger partial charge >= 0.3 is 0 Å². The quantitative estimate of drug-likeness (QED) is 0.618. The molecule has 0 amide bonds. The van der Waals surface area contributed by atoms with Crippen molar-refractivity contribution in [2.75, 3.05) is 12.0 Å². The molecule has 0 bridgehead atoms. The van der Waals surface area contributed by atoms with E-state index in [0.29, 0.717) is 12.2 Å². The van der Waals surface area contributed by atoms with Crippen molar-refractivity contribution in [2.24, 2.45) is 17.2 Å². The van der Waals surface area contributed by atoms with Crippen LogP contribution < -0.4 is 26.8 Å². The highest BCUT2D eigenvalue weighted by Gasteiger charge is 2.45. The number of halogens is 1. The highest BCUT2D eigenvalue weighted by molar-refractivity contribution is 5.51. The lowest BCUT2D eigenvalue weighted by Crippen LogP contribution is -2.79. The van der Waals surface area contributed by atoms with Crippen molar-refractivity contribution in [3.05, 3.63) is 48.2 Å². The molecular weight excluding hydrogens is 399 g/mol. The van der Waals surface area contributed by atoms with Crippen molar-refractivity contribution in [3.8, 4) is 5.75 Å². The Balaban J connectivity index is 1.70. The Bertz CT molecular complexity index is 843. The summed E-state index contributed by atoms with van der Waals surface area (Å²) >= 11 is 0. The van der Waals surface area contributed by atoms with Crippen LogP contribution in [0, 0.1) is 5.82 Å². The van der Waals surface area contributed by atoms with Crippen LogP contribution in [0.4, 0.5) is 10.1 Å². The number of benzene rings is 1. The molecule has 1 saturated heterocycles. The van der Waals surface area contributed by atoms with E-state index < -0.39 is 24.7 Å². The number of rotatable bonds is 5. The molecule has 1 saturated carbocycles. The monoisotopic (exact) mass is 432 g/mol. The molecule has 4 rings (SSSR count). The molecule has 1 aromatic carbocycles. The van der Waals surface area contributed by atoms with Gasteiger partial charge in [0.05, 0.1) is 19.9 Å². The first kappa shape index (κ1) is 22.0. The Morgan fingerprint density at radius 3 is 2.39 bits per heavy atom. The summed E-state index contributed by atoms with van der Waals surface area (Å²) in [4.78, 5) is 5.88. The summed E-state index contributed by atoms with van der Waals surface area (Å²) in [7, 11) is 1.44. The molecule has 0 radical (unpaired) electrons. The summed E-state index contributed by atoms with van der Waals surface area (Å²) in [6.07, 6.45) is 6.66. The minimum absolute atomic E-state index is 0.174. The molecule has 2 heterocycles. The van der Waals surface area contributed by atoms with Gasteiger partial charge in [-0.15, -0.1) is 0 Å². The number of anilines is 1. The SMILES string of the molecule is COc1ccc(N2C(N)N(Cc3ccco3)C(N)N(C3CCCCCC3)C2N)cc1F. The molecule has 9 heteroatoms. The van der Waals surface area contributed by atoms with E-state index in [1.165, 1.54) is 26.0 Å². The van der Waals surface area contributed by atoms with Crippen LogP contribution in [0.15, 0.2) is 41.0 Å². The van der Waals surface area contributed by atoms with Gasteiger partial charge in [-0.1, -0.05) is 25.7 Å². The first-order valence-electron chi connectivity index (χ1n) is 11.0. The van der Waals surface area contributed by atoms with Crippen molar-refractivity contribution in [1.82, 2.24) is 9.80 Å². The van der Waals surface area contributed by atoms with Gasteiger partial charge < -0.3 is 19.8 Å². The largest absolute Gasteiger partial charge is 0.494 e. The average Bonchev–Trinajstić information content (AvgIpc) is 3.13. The lowest BCUT2D eigenvalue weighted by atomic mass is 10.1. The van der Waals surface area contributed by atoms with Gasteiger partial charge in [0, 0.05) is 17.8 Å². The van der Waals surface area contributed by atoms with Gasteiger partial charge in [-0.05, 0) is 37.1 Å². The van der Waals surface area contributed by atoms with Gasteiger partial charge in [-0.25, -0.2) is 14.2 Å². The fraction of sp³-hybridized carbons (Fsp3) is 0.545. The molecule has 0 spiro atoms. The maximum atomic E-state index is 14.5. The number of nitrogens with zero attached hydrogens (tertiary/aromatic N) is 3. The van der Waals surface area contributed by atoms with Gasteiger partial charge in [0.25, 0.3) is 0 Å². The molecular formula is C22H33FN6O2. The summed E-state index contributed by atoms with van der Waals surface area (Å²) in [6, 6.07) is 8.72. The lowest BCUT2D eigenvalue weighted by molar-refractivity contribution is -0.0917. The zero-order valence-electron chi connectivity index (χ0n) is 18.0. The first-order valence-corrected chi connectivity index (χ1v) is 11.0. The van der Waals surface area contributed by atoms with Crippen LogP contribution in [0.25, 0.3) is 0 Å². The summed E-state index contributed by atoms with van der Waals surface area (Å²) in [5, 5.41) is 0. The minimum atomic E-state index is -0.662. The van der Waals surface area contributed by atoms with Gasteiger partial charge in [0.2, 0.25) is 0 Å². The fourth-order valence-electron chi connectivity index (χ4n) is 4.82. The van der Waals surface area contributed by atoms with Crippen LogP contribution >= 0.6 is 0 Å².